The van der Waals surface area contributed by atoms with Crippen LogP contribution in [-0.4, -0.2) is 21.6 Å². The van der Waals surface area contributed by atoms with Crippen LogP contribution in [0.4, 0.5) is 0 Å². The monoisotopic (exact) mass is 159 g/mol. The van der Waals surface area contributed by atoms with Crippen molar-refractivity contribution in [2.24, 2.45) is 10.6 Å². The summed E-state index contributed by atoms with van der Waals surface area (Å²) in [6.07, 6.45) is 0. The third-order valence-electron chi connectivity index (χ3n) is 2.31. The summed E-state index contributed by atoms with van der Waals surface area (Å²) in [4.78, 5) is 0. The smallest absolute Gasteiger partial charge is 0.108 e. The summed E-state index contributed by atoms with van der Waals surface area (Å²) in [6, 6.07) is 0. The molecule has 11 heavy (non-hydrogen) atoms. The molecule has 0 aliphatic rings. The van der Waals surface area contributed by atoms with Crippen molar-refractivity contribution in [2.75, 3.05) is 0 Å². The molecule has 0 spiro atoms. The second-order valence-electron chi connectivity index (χ2n) is 4.01. The van der Waals surface area contributed by atoms with E-state index in [1.165, 1.54) is 0 Å². The highest BCUT2D eigenvalue weighted by Crippen LogP contribution is 2.30. The molecule has 0 fully saturated rings. The van der Waals surface area contributed by atoms with E-state index in [1.54, 1.807) is 13.8 Å². The van der Waals surface area contributed by atoms with Gasteiger partial charge in [-0.25, -0.2) is 0 Å². The Hall–Kier alpha value is -0.570. The second-order valence-corrected chi connectivity index (χ2v) is 4.01. The zero-order valence-corrected chi connectivity index (χ0v) is 7.84. The van der Waals surface area contributed by atoms with Gasteiger partial charge in [0.2, 0.25) is 0 Å². The molecule has 66 valence electrons. The minimum absolute atomic E-state index is 0.316. The van der Waals surface area contributed by atoms with Crippen LogP contribution in [0.5, 0.6) is 0 Å². The first-order valence-corrected chi connectivity index (χ1v) is 3.65. The molecule has 0 amide bonds. The summed E-state index contributed by atoms with van der Waals surface area (Å²) >= 11 is 0. The topological polar surface area (TPSA) is 52.8 Å². The third-order valence-corrected chi connectivity index (χ3v) is 2.31. The maximum atomic E-state index is 9.83. The second kappa shape index (κ2) is 2.81. The van der Waals surface area contributed by atoms with Crippen molar-refractivity contribution >= 4 is 5.71 Å². The van der Waals surface area contributed by atoms with Crippen molar-refractivity contribution in [1.29, 1.82) is 0 Å². The van der Waals surface area contributed by atoms with Crippen LogP contribution in [0.25, 0.3) is 0 Å². The first-order valence-electron chi connectivity index (χ1n) is 3.65. The van der Waals surface area contributed by atoms with E-state index in [-0.39, 0.29) is 5.41 Å². The fourth-order valence-electron chi connectivity index (χ4n) is 0.640. The maximum Gasteiger partial charge on any atom is 0.108 e. The standard InChI is InChI=1S/C8H17NO2/c1-6(9-11)8(5,10)7(2,3)4/h10-11H,1-5H3/b9-6+/t8-/m1/s1. The average Bonchev–Trinajstić information content (AvgIpc) is 1.83. The van der Waals surface area contributed by atoms with Crippen LogP contribution in [0, 0.1) is 5.41 Å². The highest BCUT2D eigenvalue weighted by molar-refractivity contribution is 5.90. The number of nitrogens with zero attached hydrogens (tertiary/aromatic N) is 1. The summed E-state index contributed by atoms with van der Waals surface area (Å²) in [5, 5.41) is 21.3. The molecule has 0 aromatic heterocycles. The van der Waals surface area contributed by atoms with Gasteiger partial charge in [0.15, 0.2) is 0 Å². The molecule has 2 N–H and O–H groups in total. The largest absolute Gasteiger partial charge is 0.411 e. The Balaban J connectivity index is 4.74. The highest BCUT2D eigenvalue weighted by Gasteiger charge is 2.38. The minimum Gasteiger partial charge on any atom is -0.411 e. The molecule has 0 aromatic rings. The van der Waals surface area contributed by atoms with Crippen molar-refractivity contribution in [1.82, 2.24) is 0 Å². The minimum atomic E-state index is -1.05. The summed E-state index contributed by atoms with van der Waals surface area (Å²) < 4.78 is 0. The van der Waals surface area contributed by atoms with E-state index in [9.17, 15) is 5.11 Å². The molecule has 0 saturated carbocycles. The average molecular weight is 159 g/mol. The van der Waals surface area contributed by atoms with Crippen LogP contribution in [-0.2, 0) is 0 Å². The van der Waals surface area contributed by atoms with Gasteiger partial charge in [-0.1, -0.05) is 25.9 Å². The maximum absolute atomic E-state index is 9.83. The zero-order valence-electron chi connectivity index (χ0n) is 7.84. The Morgan fingerprint density at radius 3 is 1.64 bits per heavy atom. The molecule has 0 aliphatic heterocycles. The fraction of sp³-hybridized carbons (Fsp3) is 0.875. The van der Waals surface area contributed by atoms with Crippen LogP contribution in [0.15, 0.2) is 5.16 Å². The van der Waals surface area contributed by atoms with E-state index >= 15 is 0 Å². The molecule has 0 heterocycles. The summed E-state index contributed by atoms with van der Waals surface area (Å²) in [6.45, 7) is 8.92. The zero-order chi connectivity index (χ0) is 9.28. The van der Waals surface area contributed by atoms with Crippen LogP contribution in [0.3, 0.4) is 0 Å². The Bertz CT molecular complexity index is 165. The normalized spacial score (nSPS) is 19.6. The lowest BCUT2D eigenvalue weighted by Gasteiger charge is -2.36. The molecule has 3 nitrogen and oxygen atoms in total. The van der Waals surface area contributed by atoms with Gasteiger partial charge in [-0.3, -0.25) is 0 Å². The van der Waals surface area contributed by atoms with Gasteiger partial charge in [0.25, 0.3) is 0 Å². The predicted octanol–water partition coefficient (Wildman–Crippen LogP) is 1.63. The molecule has 0 aliphatic carbocycles. The van der Waals surface area contributed by atoms with E-state index in [2.05, 4.69) is 5.16 Å². The quantitative estimate of drug-likeness (QED) is 0.347. The van der Waals surface area contributed by atoms with E-state index in [0.29, 0.717) is 5.71 Å². The first-order chi connectivity index (χ1) is 4.73. The van der Waals surface area contributed by atoms with Gasteiger partial charge < -0.3 is 10.3 Å². The predicted molar refractivity (Wildman–Crippen MR) is 45.0 cm³/mol. The van der Waals surface area contributed by atoms with Gasteiger partial charge >= 0.3 is 0 Å². The Morgan fingerprint density at radius 2 is 1.55 bits per heavy atom. The van der Waals surface area contributed by atoms with Crippen LogP contribution in [0.2, 0.25) is 0 Å². The molecule has 0 unspecified atom stereocenters. The SMILES string of the molecule is C/C(=N\O)[C@@](C)(O)C(C)(C)C. The molecule has 3 heteroatoms. The molecule has 0 radical (unpaired) electrons. The number of oxime groups is 1. The van der Waals surface area contributed by atoms with Crippen LogP contribution in [0.1, 0.15) is 34.6 Å². The van der Waals surface area contributed by atoms with Crippen molar-refractivity contribution in [2.45, 2.75) is 40.2 Å². The number of hydrogen-bond acceptors (Lipinski definition) is 3. The summed E-state index contributed by atoms with van der Waals surface area (Å²) in [5.74, 6) is 0. The number of rotatable bonds is 1. The first kappa shape index (κ1) is 10.4. The van der Waals surface area contributed by atoms with Crippen LogP contribution >= 0.6 is 0 Å². The van der Waals surface area contributed by atoms with E-state index in [0.717, 1.165) is 0 Å². The van der Waals surface area contributed by atoms with Crippen LogP contribution < -0.4 is 0 Å². The summed E-state index contributed by atoms with van der Waals surface area (Å²) in [7, 11) is 0. The number of aliphatic hydroxyl groups is 1. The summed E-state index contributed by atoms with van der Waals surface area (Å²) in [5.41, 5.74) is -1.03. The Kier molecular flexibility index (Phi) is 2.67. The highest BCUT2D eigenvalue weighted by atomic mass is 16.4. The Morgan fingerprint density at radius 1 is 1.18 bits per heavy atom. The van der Waals surface area contributed by atoms with E-state index in [4.69, 9.17) is 5.21 Å². The lowest BCUT2D eigenvalue weighted by molar-refractivity contribution is 0.0193. The van der Waals surface area contributed by atoms with Crippen molar-refractivity contribution in [3.05, 3.63) is 0 Å². The Labute approximate surface area is 67.7 Å². The molecule has 0 rings (SSSR count). The molecular weight excluding hydrogens is 142 g/mol. The van der Waals surface area contributed by atoms with Gasteiger partial charge in [-0.15, -0.1) is 0 Å². The lowest BCUT2D eigenvalue weighted by Crippen LogP contribution is -2.46. The molecule has 1 atom stereocenters. The third kappa shape index (κ3) is 1.93. The van der Waals surface area contributed by atoms with Crippen molar-refractivity contribution < 1.29 is 10.3 Å². The molecular formula is C8H17NO2. The van der Waals surface area contributed by atoms with Gasteiger partial charge in [0.1, 0.15) is 5.60 Å². The molecule has 0 aromatic carbocycles. The van der Waals surface area contributed by atoms with Gasteiger partial charge in [0.05, 0.1) is 5.71 Å². The van der Waals surface area contributed by atoms with Gasteiger partial charge in [-0.05, 0) is 19.3 Å². The van der Waals surface area contributed by atoms with Gasteiger partial charge in [-0.2, -0.15) is 0 Å². The van der Waals surface area contributed by atoms with E-state index in [1.807, 2.05) is 20.8 Å². The van der Waals surface area contributed by atoms with Crippen molar-refractivity contribution in [3.8, 4) is 0 Å². The fourth-order valence-corrected chi connectivity index (χ4v) is 0.640. The van der Waals surface area contributed by atoms with Gasteiger partial charge in [0, 0.05) is 0 Å². The van der Waals surface area contributed by atoms with Crippen molar-refractivity contribution in [3.63, 3.8) is 0 Å². The molecule has 0 saturated heterocycles. The number of hydrogen-bond donors (Lipinski definition) is 2. The molecule has 0 bridgehead atoms. The van der Waals surface area contributed by atoms with E-state index < -0.39 is 5.60 Å². The lowest BCUT2D eigenvalue weighted by atomic mass is 9.75.